The second-order valence-electron chi connectivity index (χ2n) is 6.34. The lowest BCUT2D eigenvalue weighted by molar-refractivity contribution is -0.139. The number of carbonyl (C=O) groups is 3. The van der Waals surface area contributed by atoms with E-state index in [-0.39, 0.29) is 11.8 Å². The highest BCUT2D eigenvalue weighted by molar-refractivity contribution is 5.99. The third-order valence-corrected chi connectivity index (χ3v) is 4.55. The predicted molar refractivity (Wildman–Crippen MR) is 84.4 cm³/mol. The molecule has 1 aliphatic carbocycles. The van der Waals surface area contributed by atoms with Crippen molar-refractivity contribution in [3.05, 3.63) is 29.3 Å². The molecule has 1 heterocycles. The first-order valence-corrected chi connectivity index (χ1v) is 7.89. The molecule has 122 valence electrons. The molecule has 0 spiro atoms. The molecule has 0 bridgehead atoms. The van der Waals surface area contributed by atoms with Crippen LogP contribution in [-0.4, -0.2) is 36.0 Å². The smallest absolute Gasteiger partial charge is 0.326 e. The largest absolute Gasteiger partial charge is 0.480 e. The van der Waals surface area contributed by atoms with E-state index in [0.717, 1.165) is 24.1 Å². The van der Waals surface area contributed by atoms with Crippen molar-refractivity contribution in [2.24, 2.45) is 5.92 Å². The number of fused-ring (bicyclic) bond motifs is 1. The molecule has 2 aliphatic rings. The molecule has 2 N–H and O–H groups in total. The van der Waals surface area contributed by atoms with E-state index in [0.29, 0.717) is 30.7 Å². The van der Waals surface area contributed by atoms with Crippen molar-refractivity contribution in [3.63, 3.8) is 0 Å². The van der Waals surface area contributed by atoms with E-state index in [1.807, 2.05) is 0 Å². The topological polar surface area (TPSA) is 86.7 Å². The standard InChI is InChI=1S/C17H20N2O4/c1-19-14-6-4-12(9-11(14)5-7-15(19)20)16(21)18-13(17(22)23)8-10-2-3-10/h4,6,9-10,13H,2-3,5,7-8H2,1H3,(H,18,21)(H,22,23). The van der Waals surface area contributed by atoms with Gasteiger partial charge in [0.05, 0.1) is 0 Å². The lowest BCUT2D eigenvalue weighted by atomic mass is 9.98. The van der Waals surface area contributed by atoms with Crippen molar-refractivity contribution < 1.29 is 19.5 Å². The number of amides is 2. The number of nitrogens with one attached hydrogen (secondary N) is 1. The molecule has 1 aromatic carbocycles. The highest BCUT2D eigenvalue weighted by Gasteiger charge is 2.30. The number of carboxylic acid groups (broad SMARTS) is 1. The van der Waals surface area contributed by atoms with Gasteiger partial charge in [-0.15, -0.1) is 0 Å². The zero-order chi connectivity index (χ0) is 16.6. The maximum atomic E-state index is 12.3. The summed E-state index contributed by atoms with van der Waals surface area (Å²) < 4.78 is 0. The minimum atomic E-state index is -0.992. The molecule has 6 nitrogen and oxygen atoms in total. The van der Waals surface area contributed by atoms with E-state index >= 15 is 0 Å². The van der Waals surface area contributed by atoms with Crippen molar-refractivity contribution in [3.8, 4) is 0 Å². The van der Waals surface area contributed by atoms with Crippen LogP contribution >= 0.6 is 0 Å². The van der Waals surface area contributed by atoms with E-state index in [2.05, 4.69) is 5.32 Å². The van der Waals surface area contributed by atoms with Crippen LogP contribution in [-0.2, 0) is 16.0 Å². The Morgan fingerprint density at radius 2 is 2.09 bits per heavy atom. The van der Waals surface area contributed by atoms with Gasteiger partial charge in [0.15, 0.2) is 0 Å². The van der Waals surface area contributed by atoms with Gasteiger partial charge in [-0.2, -0.15) is 0 Å². The van der Waals surface area contributed by atoms with Crippen LogP contribution in [0.1, 0.15) is 41.6 Å². The zero-order valence-corrected chi connectivity index (χ0v) is 13.0. The summed E-state index contributed by atoms with van der Waals surface area (Å²) in [4.78, 5) is 36.9. The fraction of sp³-hybridized carbons (Fsp3) is 0.471. The molecule has 0 aromatic heterocycles. The molecule has 2 amide bonds. The first-order valence-electron chi connectivity index (χ1n) is 7.89. The van der Waals surface area contributed by atoms with Crippen molar-refractivity contribution in [1.82, 2.24) is 5.32 Å². The Hall–Kier alpha value is -2.37. The molecule has 6 heteroatoms. The van der Waals surface area contributed by atoms with Gasteiger partial charge in [0.2, 0.25) is 5.91 Å². The van der Waals surface area contributed by atoms with Gasteiger partial charge < -0.3 is 15.3 Å². The molecular weight excluding hydrogens is 296 g/mol. The molecule has 1 aromatic rings. The first kappa shape index (κ1) is 15.5. The summed E-state index contributed by atoms with van der Waals surface area (Å²) >= 11 is 0. The van der Waals surface area contributed by atoms with Crippen LogP contribution in [0.3, 0.4) is 0 Å². The fourth-order valence-electron chi connectivity index (χ4n) is 2.95. The maximum Gasteiger partial charge on any atom is 0.326 e. The van der Waals surface area contributed by atoms with Gasteiger partial charge in [-0.3, -0.25) is 9.59 Å². The van der Waals surface area contributed by atoms with Crippen LogP contribution in [0.4, 0.5) is 5.69 Å². The average molecular weight is 316 g/mol. The van der Waals surface area contributed by atoms with Crippen LogP contribution < -0.4 is 10.2 Å². The monoisotopic (exact) mass is 316 g/mol. The number of anilines is 1. The predicted octanol–water partition coefficient (Wildman–Crippen LogP) is 1.58. The minimum absolute atomic E-state index is 0.0603. The Kier molecular flexibility index (Phi) is 4.07. The highest BCUT2D eigenvalue weighted by Crippen LogP contribution is 2.33. The summed E-state index contributed by atoms with van der Waals surface area (Å²) in [5.74, 6) is -0.890. The number of aliphatic carboxylic acids is 1. The van der Waals surface area contributed by atoms with Crippen molar-refractivity contribution in [2.45, 2.75) is 38.1 Å². The summed E-state index contributed by atoms with van der Waals surface area (Å²) in [6.07, 6.45) is 3.60. The van der Waals surface area contributed by atoms with Gasteiger partial charge >= 0.3 is 5.97 Å². The van der Waals surface area contributed by atoms with Crippen molar-refractivity contribution >= 4 is 23.5 Å². The van der Waals surface area contributed by atoms with Crippen molar-refractivity contribution in [1.29, 1.82) is 0 Å². The average Bonchev–Trinajstić information content (AvgIpc) is 3.34. The van der Waals surface area contributed by atoms with Crippen LogP contribution in [0.5, 0.6) is 0 Å². The number of rotatable bonds is 5. The molecule has 3 rings (SSSR count). The van der Waals surface area contributed by atoms with E-state index in [1.54, 1.807) is 30.1 Å². The van der Waals surface area contributed by atoms with Gasteiger partial charge in [0.1, 0.15) is 6.04 Å². The Morgan fingerprint density at radius 1 is 1.35 bits per heavy atom. The summed E-state index contributed by atoms with van der Waals surface area (Å²) in [6, 6.07) is 4.30. The maximum absolute atomic E-state index is 12.3. The van der Waals surface area contributed by atoms with Gasteiger partial charge in [-0.05, 0) is 42.5 Å². The van der Waals surface area contributed by atoms with E-state index in [1.165, 1.54) is 0 Å². The normalized spacial score (nSPS) is 18.3. The Balaban J connectivity index is 1.74. The number of aryl methyl sites for hydroxylation is 1. The van der Waals surface area contributed by atoms with Gasteiger partial charge in [-0.1, -0.05) is 12.8 Å². The molecule has 1 aliphatic heterocycles. The second-order valence-corrected chi connectivity index (χ2v) is 6.34. The SMILES string of the molecule is CN1C(=O)CCc2cc(C(=O)NC(CC3CC3)C(=O)O)ccc21. The third-order valence-electron chi connectivity index (χ3n) is 4.55. The zero-order valence-electron chi connectivity index (χ0n) is 13.0. The number of carboxylic acids is 1. The number of nitrogens with zero attached hydrogens (tertiary/aromatic N) is 1. The van der Waals surface area contributed by atoms with Gasteiger partial charge in [0.25, 0.3) is 5.91 Å². The molecule has 1 saturated carbocycles. The minimum Gasteiger partial charge on any atom is -0.480 e. The van der Waals surface area contributed by atoms with E-state index < -0.39 is 12.0 Å². The third kappa shape index (κ3) is 3.36. The quantitative estimate of drug-likeness (QED) is 0.863. The summed E-state index contributed by atoms with van der Waals surface area (Å²) in [5.41, 5.74) is 2.19. The fourth-order valence-corrected chi connectivity index (χ4v) is 2.95. The molecule has 0 radical (unpaired) electrons. The summed E-state index contributed by atoms with van der Waals surface area (Å²) in [7, 11) is 1.72. The van der Waals surface area contributed by atoms with Crippen LogP contribution in [0.25, 0.3) is 0 Å². The molecule has 1 unspecified atom stereocenters. The number of hydrogen-bond acceptors (Lipinski definition) is 3. The number of benzene rings is 1. The number of carbonyl (C=O) groups excluding carboxylic acids is 2. The molecule has 1 atom stereocenters. The number of hydrogen-bond donors (Lipinski definition) is 2. The van der Waals surface area contributed by atoms with Crippen LogP contribution in [0.15, 0.2) is 18.2 Å². The second kappa shape index (κ2) is 6.02. The van der Waals surface area contributed by atoms with Crippen molar-refractivity contribution in [2.75, 3.05) is 11.9 Å². The van der Waals surface area contributed by atoms with Gasteiger partial charge in [-0.25, -0.2) is 4.79 Å². The van der Waals surface area contributed by atoms with Crippen LogP contribution in [0, 0.1) is 5.92 Å². The van der Waals surface area contributed by atoms with Crippen LogP contribution in [0.2, 0.25) is 0 Å². The lowest BCUT2D eigenvalue weighted by Crippen LogP contribution is -2.41. The Labute approximate surface area is 134 Å². The first-order chi connectivity index (χ1) is 11.0. The summed E-state index contributed by atoms with van der Waals surface area (Å²) in [5, 5.41) is 11.9. The highest BCUT2D eigenvalue weighted by atomic mass is 16.4. The molecule has 23 heavy (non-hydrogen) atoms. The van der Waals surface area contributed by atoms with E-state index in [9.17, 15) is 19.5 Å². The lowest BCUT2D eigenvalue weighted by Gasteiger charge is -2.26. The Morgan fingerprint density at radius 3 is 2.74 bits per heavy atom. The van der Waals surface area contributed by atoms with Gasteiger partial charge in [0, 0.05) is 24.7 Å². The molecule has 1 fully saturated rings. The van der Waals surface area contributed by atoms with E-state index in [4.69, 9.17) is 0 Å². The summed E-state index contributed by atoms with van der Waals surface area (Å²) in [6.45, 7) is 0. The molecular formula is C17H20N2O4. The molecule has 0 saturated heterocycles. The Bertz CT molecular complexity index is 667.